The zero-order valence-electron chi connectivity index (χ0n) is 9.87. The summed E-state index contributed by atoms with van der Waals surface area (Å²) >= 11 is 6.79. The van der Waals surface area contributed by atoms with Crippen LogP contribution >= 0.6 is 31.9 Å². The molecule has 0 saturated carbocycles. The van der Waals surface area contributed by atoms with Gasteiger partial charge in [0.1, 0.15) is 0 Å². The first kappa shape index (κ1) is 15.0. The maximum Gasteiger partial charge on any atom is 0.328 e. The maximum absolute atomic E-state index is 10.5. The molecule has 1 rings (SSSR count). The van der Waals surface area contributed by atoms with E-state index in [9.17, 15) is 4.79 Å². The summed E-state index contributed by atoms with van der Waals surface area (Å²) in [5.41, 5.74) is 0.685. The van der Waals surface area contributed by atoms with E-state index in [0.717, 1.165) is 6.08 Å². The van der Waals surface area contributed by atoms with Gasteiger partial charge in [-0.05, 0) is 56.5 Å². The molecular formula is C12H12Br2O4. The van der Waals surface area contributed by atoms with E-state index in [-0.39, 0.29) is 0 Å². The van der Waals surface area contributed by atoms with Gasteiger partial charge >= 0.3 is 5.97 Å². The van der Waals surface area contributed by atoms with Crippen molar-refractivity contribution in [2.24, 2.45) is 0 Å². The van der Waals surface area contributed by atoms with Crippen LogP contribution in [0.3, 0.4) is 0 Å². The summed E-state index contributed by atoms with van der Waals surface area (Å²) in [5.74, 6) is 0.113. The van der Waals surface area contributed by atoms with E-state index in [1.165, 1.54) is 13.2 Å². The summed E-state index contributed by atoms with van der Waals surface area (Å²) in [4.78, 5) is 10.5. The standard InChI is InChI=1S/C12H12Br2O4/c1-3-18-12-8(17-2)6-7(4-5-9(15)16)10(13)11(12)14/h4-6H,3H2,1-2H3,(H,15,16)/b5-4+. The van der Waals surface area contributed by atoms with Gasteiger partial charge in [-0.1, -0.05) is 0 Å². The lowest BCUT2D eigenvalue weighted by Crippen LogP contribution is -1.98. The smallest absolute Gasteiger partial charge is 0.328 e. The van der Waals surface area contributed by atoms with Crippen molar-refractivity contribution in [1.82, 2.24) is 0 Å². The molecule has 0 aliphatic rings. The average Bonchev–Trinajstić information content (AvgIpc) is 2.34. The molecule has 0 amide bonds. The van der Waals surface area contributed by atoms with Crippen LogP contribution in [0.4, 0.5) is 0 Å². The number of benzene rings is 1. The Labute approximate surface area is 122 Å². The third-order valence-electron chi connectivity index (χ3n) is 2.07. The van der Waals surface area contributed by atoms with E-state index in [4.69, 9.17) is 14.6 Å². The molecule has 0 aromatic heterocycles. The highest BCUT2D eigenvalue weighted by Gasteiger charge is 2.15. The number of halogens is 2. The zero-order chi connectivity index (χ0) is 13.7. The third-order valence-corrected chi connectivity index (χ3v) is 4.21. The van der Waals surface area contributed by atoms with Gasteiger partial charge in [-0.15, -0.1) is 0 Å². The Morgan fingerprint density at radius 1 is 1.44 bits per heavy atom. The molecule has 4 nitrogen and oxygen atoms in total. The Bertz CT molecular complexity index is 483. The summed E-state index contributed by atoms with van der Waals surface area (Å²) in [6.07, 6.45) is 2.54. The van der Waals surface area contributed by atoms with Gasteiger partial charge in [0, 0.05) is 10.5 Å². The monoisotopic (exact) mass is 378 g/mol. The van der Waals surface area contributed by atoms with E-state index in [0.29, 0.717) is 32.6 Å². The van der Waals surface area contributed by atoms with Gasteiger partial charge in [-0.25, -0.2) is 4.79 Å². The van der Waals surface area contributed by atoms with Crippen molar-refractivity contribution in [3.05, 3.63) is 26.7 Å². The summed E-state index contributed by atoms with van der Waals surface area (Å²) in [5, 5.41) is 8.63. The van der Waals surface area contributed by atoms with Crippen LogP contribution in [0.1, 0.15) is 12.5 Å². The van der Waals surface area contributed by atoms with E-state index in [2.05, 4.69) is 31.9 Å². The molecular weight excluding hydrogens is 368 g/mol. The number of hydrogen-bond donors (Lipinski definition) is 1. The lowest BCUT2D eigenvalue weighted by Gasteiger charge is -2.14. The predicted octanol–water partition coefficient (Wildman–Crippen LogP) is 3.72. The second kappa shape index (κ2) is 6.80. The van der Waals surface area contributed by atoms with Crippen LogP contribution in [0.15, 0.2) is 21.1 Å². The van der Waals surface area contributed by atoms with Crippen LogP contribution in [0, 0.1) is 0 Å². The molecule has 0 bridgehead atoms. The average molecular weight is 380 g/mol. The molecule has 1 N–H and O–H groups in total. The Kier molecular flexibility index (Phi) is 5.68. The fourth-order valence-corrected chi connectivity index (χ4v) is 2.28. The number of methoxy groups -OCH3 is 1. The number of carboxylic acid groups (broad SMARTS) is 1. The first-order valence-electron chi connectivity index (χ1n) is 5.11. The van der Waals surface area contributed by atoms with E-state index >= 15 is 0 Å². The molecule has 98 valence electrons. The van der Waals surface area contributed by atoms with Crippen molar-refractivity contribution >= 4 is 43.9 Å². The van der Waals surface area contributed by atoms with Crippen LogP contribution < -0.4 is 9.47 Å². The predicted molar refractivity (Wildman–Crippen MR) is 76.2 cm³/mol. The van der Waals surface area contributed by atoms with Crippen molar-refractivity contribution in [2.45, 2.75) is 6.92 Å². The third kappa shape index (κ3) is 3.49. The zero-order valence-corrected chi connectivity index (χ0v) is 13.0. The first-order valence-corrected chi connectivity index (χ1v) is 6.69. The number of aliphatic carboxylic acids is 1. The first-order chi connectivity index (χ1) is 8.51. The fraction of sp³-hybridized carbons (Fsp3) is 0.250. The summed E-state index contributed by atoms with van der Waals surface area (Å²) < 4.78 is 12.1. The molecule has 1 aromatic rings. The number of rotatable bonds is 5. The molecule has 0 unspecified atom stereocenters. The van der Waals surface area contributed by atoms with Crippen molar-refractivity contribution in [3.63, 3.8) is 0 Å². The number of hydrogen-bond acceptors (Lipinski definition) is 3. The Morgan fingerprint density at radius 3 is 2.61 bits per heavy atom. The highest BCUT2D eigenvalue weighted by atomic mass is 79.9. The number of carboxylic acids is 1. The quantitative estimate of drug-likeness (QED) is 0.792. The molecule has 0 heterocycles. The van der Waals surface area contributed by atoms with Crippen molar-refractivity contribution in [2.75, 3.05) is 13.7 Å². The normalized spacial score (nSPS) is 10.7. The summed E-state index contributed by atoms with van der Waals surface area (Å²) in [6, 6.07) is 1.71. The SMILES string of the molecule is CCOc1c(OC)cc(/C=C/C(=O)O)c(Br)c1Br. The molecule has 18 heavy (non-hydrogen) atoms. The topological polar surface area (TPSA) is 55.8 Å². The molecule has 0 spiro atoms. The van der Waals surface area contributed by atoms with Crippen LogP contribution in [-0.4, -0.2) is 24.8 Å². The largest absolute Gasteiger partial charge is 0.493 e. The van der Waals surface area contributed by atoms with Gasteiger partial charge in [0.05, 0.1) is 18.2 Å². The van der Waals surface area contributed by atoms with E-state index < -0.39 is 5.97 Å². The molecule has 1 aromatic carbocycles. The van der Waals surface area contributed by atoms with Gasteiger partial charge in [-0.3, -0.25) is 0 Å². The van der Waals surface area contributed by atoms with E-state index in [1.54, 1.807) is 6.07 Å². The van der Waals surface area contributed by atoms with Crippen molar-refractivity contribution < 1.29 is 19.4 Å². The highest BCUT2D eigenvalue weighted by molar-refractivity contribution is 9.13. The molecule has 6 heteroatoms. The van der Waals surface area contributed by atoms with E-state index in [1.807, 2.05) is 6.92 Å². The lowest BCUT2D eigenvalue weighted by molar-refractivity contribution is -0.131. The molecule has 0 atom stereocenters. The number of carbonyl (C=O) groups is 1. The molecule has 0 aliphatic heterocycles. The van der Waals surface area contributed by atoms with Gasteiger partial charge in [0.15, 0.2) is 11.5 Å². The second-order valence-electron chi connectivity index (χ2n) is 3.23. The van der Waals surface area contributed by atoms with Gasteiger partial charge in [-0.2, -0.15) is 0 Å². The summed E-state index contributed by atoms with van der Waals surface area (Å²) in [6.45, 7) is 2.38. The fourth-order valence-electron chi connectivity index (χ4n) is 1.32. The second-order valence-corrected chi connectivity index (χ2v) is 4.82. The Hall–Kier alpha value is -1.01. The molecule has 0 saturated heterocycles. The molecule has 0 fully saturated rings. The minimum absolute atomic E-state index is 0.506. The Balaban J connectivity index is 3.31. The van der Waals surface area contributed by atoms with Crippen LogP contribution in [0.5, 0.6) is 11.5 Å². The summed E-state index contributed by atoms with van der Waals surface area (Å²) in [7, 11) is 1.53. The number of ether oxygens (including phenoxy) is 2. The van der Waals surface area contributed by atoms with Crippen molar-refractivity contribution in [3.8, 4) is 11.5 Å². The molecule has 0 aliphatic carbocycles. The molecule has 0 radical (unpaired) electrons. The minimum atomic E-state index is -1.01. The maximum atomic E-state index is 10.5. The van der Waals surface area contributed by atoms with Gasteiger partial charge in [0.2, 0.25) is 0 Å². The lowest BCUT2D eigenvalue weighted by atomic mass is 10.2. The van der Waals surface area contributed by atoms with Crippen LogP contribution in [0.25, 0.3) is 6.08 Å². The van der Waals surface area contributed by atoms with Crippen LogP contribution in [0.2, 0.25) is 0 Å². The highest BCUT2D eigenvalue weighted by Crippen LogP contribution is 2.43. The Morgan fingerprint density at radius 2 is 2.11 bits per heavy atom. The van der Waals surface area contributed by atoms with Crippen LogP contribution in [-0.2, 0) is 4.79 Å². The minimum Gasteiger partial charge on any atom is -0.493 e. The van der Waals surface area contributed by atoms with Crippen molar-refractivity contribution in [1.29, 1.82) is 0 Å². The van der Waals surface area contributed by atoms with Gasteiger partial charge < -0.3 is 14.6 Å². The van der Waals surface area contributed by atoms with Gasteiger partial charge in [0.25, 0.3) is 0 Å².